The van der Waals surface area contributed by atoms with Crippen molar-refractivity contribution in [2.75, 3.05) is 18.0 Å². The van der Waals surface area contributed by atoms with Crippen LogP contribution in [0.15, 0.2) is 77.2 Å². The number of carbonyl (C=O) groups is 1. The summed E-state index contributed by atoms with van der Waals surface area (Å²) in [7, 11) is 0. The molecule has 2 N–H and O–H groups in total. The van der Waals surface area contributed by atoms with Crippen LogP contribution in [0.4, 0.5) is 10.8 Å². The van der Waals surface area contributed by atoms with E-state index in [4.69, 9.17) is 25.9 Å². The zero-order chi connectivity index (χ0) is 22.3. The predicted molar refractivity (Wildman–Crippen MR) is 123 cm³/mol. The number of amides is 1. The van der Waals surface area contributed by atoms with Gasteiger partial charge in [-0.15, -0.1) is 0 Å². The van der Waals surface area contributed by atoms with Crippen LogP contribution in [0.3, 0.4) is 0 Å². The fraction of sp³-hybridized carbons (Fsp3) is 0.167. The molecule has 0 aliphatic carbocycles. The van der Waals surface area contributed by atoms with Gasteiger partial charge in [0.15, 0.2) is 5.58 Å². The Morgan fingerprint density at radius 1 is 1.06 bits per heavy atom. The van der Waals surface area contributed by atoms with Crippen molar-refractivity contribution in [2.24, 2.45) is 0 Å². The van der Waals surface area contributed by atoms with Gasteiger partial charge < -0.3 is 24.5 Å². The first-order valence-electron chi connectivity index (χ1n) is 10.1. The summed E-state index contributed by atoms with van der Waals surface area (Å²) in [6.45, 7) is 1.46. The molecule has 32 heavy (non-hydrogen) atoms. The molecule has 0 radical (unpaired) electrons. The second-order valence-corrected chi connectivity index (χ2v) is 7.56. The number of anilines is 1. The third-order valence-corrected chi connectivity index (χ3v) is 5.11. The highest BCUT2D eigenvalue weighted by atomic mass is 35.5. The molecule has 8 heteroatoms. The Morgan fingerprint density at radius 2 is 1.84 bits per heavy atom. The SMILES string of the molecule is O=C(O)NCCN(Cc1ccc(OCc2ccccc2)c(Cl)c1)c1nc2ccccc2o1. The van der Waals surface area contributed by atoms with Crippen LogP contribution in [0.25, 0.3) is 11.1 Å². The second kappa shape index (κ2) is 10.1. The Morgan fingerprint density at radius 3 is 2.59 bits per heavy atom. The smallest absolute Gasteiger partial charge is 0.404 e. The van der Waals surface area contributed by atoms with E-state index in [0.29, 0.717) is 42.1 Å². The fourth-order valence-corrected chi connectivity index (χ4v) is 3.51. The number of nitrogens with one attached hydrogen (secondary N) is 1. The van der Waals surface area contributed by atoms with Crippen LogP contribution in [0.5, 0.6) is 5.75 Å². The minimum Gasteiger partial charge on any atom is -0.487 e. The summed E-state index contributed by atoms with van der Waals surface area (Å²) < 4.78 is 11.7. The number of benzene rings is 3. The number of rotatable bonds is 9. The van der Waals surface area contributed by atoms with Crippen LogP contribution in [0, 0.1) is 0 Å². The number of halogens is 1. The number of oxazole rings is 1. The molecule has 1 amide bonds. The summed E-state index contributed by atoms with van der Waals surface area (Å²) >= 11 is 6.46. The summed E-state index contributed by atoms with van der Waals surface area (Å²) in [5, 5.41) is 11.8. The molecule has 0 spiro atoms. The van der Waals surface area contributed by atoms with Crippen molar-refractivity contribution in [3.8, 4) is 5.75 Å². The van der Waals surface area contributed by atoms with E-state index in [-0.39, 0.29) is 6.54 Å². The Labute approximate surface area is 190 Å². The van der Waals surface area contributed by atoms with Crippen molar-refractivity contribution >= 4 is 34.8 Å². The lowest BCUT2D eigenvalue weighted by atomic mass is 10.2. The van der Waals surface area contributed by atoms with Crippen LogP contribution in [0.2, 0.25) is 5.02 Å². The summed E-state index contributed by atoms with van der Waals surface area (Å²) in [5.74, 6) is 0.597. The first-order valence-corrected chi connectivity index (χ1v) is 10.5. The molecule has 1 heterocycles. The number of fused-ring (bicyclic) bond motifs is 1. The van der Waals surface area contributed by atoms with Crippen LogP contribution in [-0.2, 0) is 13.2 Å². The molecule has 0 fully saturated rings. The zero-order valence-electron chi connectivity index (χ0n) is 17.2. The average molecular weight is 452 g/mol. The van der Waals surface area contributed by atoms with Gasteiger partial charge in [-0.1, -0.05) is 60.1 Å². The maximum absolute atomic E-state index is 10.9. The average Bonchev–Trinajstić information content (AvgIpc) is 3.22. The largest absolute Gasteiger partial charge is 0.487 e. The number of hydrogen-bond donors (Lipinski definition) is 2. The second-order valence-electron chi connectivity index (χ2n) is 7.16. The number of hydrogen-bond acceptors (Lipinski definition) is 5. The first-order chi connectivity index (χ1) is 15.6. The van der Waals surface area contributed by atoms with Gasteiger partial charge in [-0.2, -0.15) is 4.98 Å². The van der Waals surface area contributed by atoms with E-state index in [1.54, 1.807) is 0 Å². The van der Waals surface area contributed by atoms with E-state index < -0.39 is 6.09 Å². The quantitative estimate of drug-likeness (QED) is 0.357. The van der Waals surface area contributed by atoms with E-state index in [1.165, 1.54) is 0 Å². The molecule has 0 bridgehead atoms. The summed E-state index contributed by atoms with van der Waals surface area (Å²) in [6, 6.07) is 23.3. The van der Waals surface area contributed by atoms with Crippen molar-refractivity contribution in [1.82, 2.24) is 10.3 Å². The summed E-state index contributed by atoms with van der Waals surface area (Å²) in [5.41, 5.74) is 3.38. The lowest BCUT2D eigenvalue weighted by Crippen LogP contribution is -2.34. The number of aromatic nitrogens is 1. The minimum absolute atomic E-state index is 0.222. The Hall–Kier alpha value is -3.71. The van der Waals surface area contributed by atoms with E-state index >= 15 is 0 Å². The van der Waals surface area contributed by atoms with E-state index in [2.05, 4.69) is 10.3 Å². The van der Waals surface area contributed by atoms with Crippen LogP contribution >= 0.6 is 11.6 Å². The van der Waals surface area contributed by atoms with Crippen molar-refractivity contribution in [3.05, 3.63) is 88.9 Å². The van der Waals surface area contributed by atoms with Crippen molar-refractivity contribution in [1.29, 1.82) is 0 Å². The lowest BCUT2D eigenvalue weighted by Gasteiger charge is -2.21. The highest BCUT2D eigenvalue weighted by Gasteiger charge is 2.16. The molecular formula is C24H22ClN3O4. The Balaban J connectivity index is 1.49. The monoisotopic (exact) mass is 451 g/mol. The number of nitrogens with zero attached hydrogens (tertiary/aromatic N) is 2. The minimum atomic E-state index is -1.08. The first kappa shape index (κ1) is 21.5. The van der Waals surface area contributed by atoms with Gasteiger partial charge in [0.1, 0.15) is 17.9 Å². The fourth-order valence-electron chi connectivity index (χ4n) is 3.25. The lowest BCUT2D eigenvalue weighted by molar-refractivity contribution is 0.194. The third kappa shape index (κ3) is 5.50. The number of para-hydroxylation sites is 2. The number of carboxylic acid groups (broad SMARTS) is 1. The highest BCUT2D eigenvalue weighted by molar-refractivity contribution is 6.32. The molecule has 0 saturated heterocycles. The molecule has 0 aliphatic rings. The van der Waals surface area contributed by atoms with Crippen molar-refractivity contribution in [3.63, 3.8) is 0 Å². The standard InChI is InChI=1S/C24H22ClN3O4/c25-19-14-18(10-11-21(19)31-16-17-6-2-1-3-7-17)15-28(13-12-26-24(29)30)23-27-20-8-4-5-9-22(20)32-23/h1-11,14,26H,12-13,15-16H2,(H,29,30). The molecule has 0 aliphatic heterocycles. The third-order valence-electron chi connectivity index (χ3n) is 4.82. The van der Waals surface area contributed by atoms with E-state index in [9.17, 15) is 4.79 Å². The number of ether oxygens (including phenoxy) is 1. The normalized spacial score (nSPS) is 10.8. The molecule has 0 unspecified atom stereocenters. The topological polar surface area (TPSA) is 87.8 Å². The maximum Gasteiger partial charge on any atom is 0.404 e. The predicted octanol–water partition coefficient (Wildman–Crippen LogP) is 5.33. The molecule has 4 aromatic rings. The molecular weight excluding hydrogens is 430 g/mol. The van der Waals surface area contributed by atoms with Gasteiger partial charge in [0, 0.05) is 19.6 Å². The van der Waals surface area contributed by atoms with Gasteiger partial charge in [0.2, 0.25) is 0 Å². The van der Waals surface area contributed by atoms with E-state index in [0.717, 1.165) is 16.6 Å². The molecule has 0 saturated carbocycles. The van der Waals surface area contributed by atoms with Gasteiger partial charge in [0.05, 0.1) is 5.02 Å². The molecule has 7 nitrogen and oxygen atoms in total. The summed E-state index contributed by atoms with van der Waals surface area (Å²) in [4.78, 5) is 17.3. The molecule has 3 aromatic carbocycles. The van der Waals surface area contributed by atoms with Gasteiger partial charge in [0.25, 0.3) is 6.01 Å². The van der Waals surface area contributed by atoms with E-state index in [1.807, 2.05) is 77.7 Å². The van der Waals surface area contributed by atoms with Crippen LogP contribution in [0.1, 0.15) is 11.1 Å². The van der Waals surface area contributed by atoms with Gasteiger partial charge in [-0.3, -0.25) is 0 Å². The highest BCUT2D eigenvalue weighted by Crippen LogP contribution is 2.28. The van der Waals surface area contributed by atoms with Crippen LogP contribution < -0.4 is 15.0 Å². The van der Waals surface area contributed by atoms with Crippen molar-refractivity contribution < 1.29 is 19.1 Å². The molecule has 0 atom stereocenters. The van der Waals surface area contributed by atoms with Crippen molar-refractivity contribution in [2.45, 2.75) is 13.2 Å². The zero-order valence-corrected chi connectivity index (χ0v) is 18.0. The van der Waals surface area contributed by atoms with Gasteiger partial charge in [-0.25, -0.2) is 4.79 Å². The van der Waals surface area contributed by atoms with Crippen LogP contribution in [-0.4, -0.2) is 29.3 Å². The molecule has 4 rings (SSSR count). The Kier molecular flexibility index (Phi) is 6.77. The van der Waals surface area contributed by atoms with Gasteiger partial charge >= 0.3 is 6.09 Å². The summed E-state index contributed by atoms with van der Waals surface area (Å²) in [6.07, 6.45) is -1.08. The van der Waals surface area contributed by atoms with Gasteiger partial charge in [-0.05, 0) is 35.4 Å². The molecule has 164 valence electrons. The maximum atomic E-state index is 10.9. The Bertz CT molecular complexity index is 1160. The molecule has 1 aromatic heterocycles.